The molecule has 2 atom stereocenters. The molecule has 1 aromatic carbocycles. The molecule has 0 heterocycles. The van der Waals surface area contributed by atoms with Gasteiger partial charge in [0.1, 0.15) is 0 Å². The molecule has 2 unspecified atom stereocenters. The van der Waals surface area contributed by atoms with Crippen molar-refractivity contribution in [1.29, 1.82) is 0 Å². The number of alkyl halides is 3. The zero-order valence-electron chi connectivity index (χ0n) is 15.3. The Morgan fingerprint density at radius 3 is 2.31 bits per heavy atom. The van der Waals surface area contributed by atoms with E-state index in [-0.39, 0.29) is 5.92 Å². The van der Waals surface area contributed by atoms with E-state index in [1.165, 1.54) is 38.2 Å². The lowest BCUT2D eigenvalue weighted by atomic mass is 9.73. The highest BCUT2D eigenvalue weighted by atomic mass is 19.4. The summed E-state index contributed by atoms with van der Waals surface area (Å²) in [4.78, 5) is 0. The third kappa shape index (κ3) is 4.92. The van der Waals surface area contributed by atoms with Gasteiger partial charge in [-0.15, -0.1) is 13.2 Å². The van der Waals surface area contributed by atoms with Crippen LogP contribution in [0.2, 0.25) is 0 Å². The summed E-state index contributed by atoms with van der Waals surface area (Å²) in [5.74, 6) is 1.08. The van der Waals surface area contributed by atoms with E-state index in [1.54, 1.807) is 6.07 Å². The normalized spacial score (nSPS) is 29.7. The predicted octanol–water partition coefficient (Wildman–Crippen LogP) is 7.21. The molecule has 1 aromatic rings. The number of hydrogen-bond acceptors (Lipinski definition) is 1. The maximum Gasteiger partial charge on any atom is 0.573 e. The van der Waals surface area contributed by atoms with E-state index in [0.29, 0.717) is 0 Å². The molecule has 0 aromatic heterocycles. The fourth-order valence-corrected chi connectivity index (χ4v) is 5.11. The standard InChI is InChI=1S/C21H28F4O/c1-2-3-14-4-5-17(12-14)15-6-8-16(9-7-15)18-10-11-20(19(22)13-18)26-21(23,24)25/h10-11,13-17H,2-9,12H2,1H3. The first-order chi connectivity index (χ1) is 12.4. The van der Waals surface area contributed by atoms with Crippen LogP contribution in [0, 0.1) is 23.6 Å². The maximum absolute atomic E-state index is 13.9. The summed E-state index contributed by atoms with van der Waals surface area (Å²) in [7, 11) is 0. The van der Waals surface area contributed by atoms with E-state index in [4.69, 9.17) is 0 Å². The molecule has 2 aliphatic carbocycles. The summed E-state index contributed by atoms with van der Waals surface area (Å²) in [5, 5.41) is 0. The fourth-order valence-electron chi connectivity index (χ4n) is 5.11. The Morgan fingerprint density at radius 2 is 1.69 bits per heavy atom. The van der Waals surface area contributed by atoms with Gasteiger partial charge in [-0.25, -0.2) is 4.39 Å². The van der Waals surface area contributed by atoms with Crippen LogP contribution in [0.4, 0.5) is 17.6 Å². The van der Waals surface area contributed by atoms with Gasteiger partial charge >= 0.3 is 6.36 Å². The topological polar surface area (TPSA) is 9.23 Å². The number of ether oxygens (including phenoxy) is 1. The molecule has 0 bridgehead atoms. The van der Waals surface area contributed by atoms with E-state index in [9.17, 15) is 17.6 Å². The minimum atomic E-state index is -4.86. The molecule has 0 saturated heterocycles. The van der Waals surface area contributed by atoms with Crippen LogP contribution in [0.1, 0.15) is 76.2 Å². The van der Waals surface area contributed by atoms with E-state index >= 15 is 0 Å². The minimum absolute atomic E-state index is 0.244. The van der Waals surface area contributed by atoms with Gasteiger partial charge < -0.3 is 4.74 Å². The molecule has 0 N–H and O–H groups in total. The summed E-state index contributed by atoms with van der Waals surface area (Å²) in [6.07, 6.45) is 6.12. The van der Waals surface area contributed by atoms with Crippen molar-refractivity contribution in [2.45, 2.75) is 77.0 Å². The Labute approximate surface area is 153 Å². The Bertz CT molecular complexity index is 590. The molecule has 2 fully saturated rings. The average Bonchev–Trinajstić information content (AvgIpc) is 3.05. The first kappa shape index (κ1) is 19.5. The van der Waals surface area contributed by atoms with Crippen molar-refractivity contribution in [3.8, 4) is 5.75 Å². The Balaban J connectivity index is 1.54. The summed E-state index contributed by atoms with van der Waals surface area (Å²) in [6, 6.07) is 3.91. The highest BCUT2D eigenvalue weighted by Gasteiger charge is 2.34. The van der Waals surface area contributed by atoms with Gasteiger partial charge in [-0.2, -0.15) is 0 Å². The van der Waals surface area contributed by atoms with Crippen molar-refractivity contribution >= 4 is 0 Å². The van der Waals surface area contributed by atoms with E-state index in [1.807, 2.05) is 0 Å². The van der Waals surface area contributed by atoms with Crippen molar-refractivity contribution in [3.63, 3.8) is 0 Å². The quantitative estimate of drug-likeness (QED) is 0.496. The van der Waals surface area contributed by atoms with Crippen molar-refractivity contribution < 1.29 is 22.3 Å². The third-order valence-corrected chi connectivity index (χ3v) is 6.37. The molecule has 5 heteroatoms. The molecule has 0 aliphatic heterocycles. The van der Waals surface area contributed by atoms with Crippen molar-refractivity contribution in [1.82, 2.24) is 0 Å². The smallest absolute Gasteiger partial charge is 0.403 e. The van der Waals surface area contributed by atoms with Crippen LogP contribution in [0.15, 0.2) is 18.2 Å². The van der Waals surface area contributed by atoms with Gasteiger partial charge in [-0.05, 0) is 79.9 Å². The molecular weight excluding hydrogens is 344 g/mol. The van der Waals surface area contributed by atoms with Gasteiger partial charge in [0.05, 0.1) is 0 Å². The van der Waals surface area contributed by atoms with Gasteiger partial charge in [-0.1, -0.05) is 32.3 Å². The van der Waals surface area contributed by atoms with Crippen molar-refractivity contribution in [2.24, 2.45) is 17.8 Å². The first-order valence-electron chi connectivity index (χ1n) is 9.91. The van der Waals surface area contributed by atoms with Crippen LogP contribution in [0.25, 0.3) is 0 Å². The van der Waals surface area contributed by atoms with Crippen LogP contribution in [0.3, 0.4) is 0 Å². The van der Waals surface area contributed by atoms with Crippen LogP contribution in [-0.4, -0.2) is 6.36 Å². The molecule has 2 saturated carbocycles. The van der Waals surface area contributed by atoms with Gasteiger partial charge in [0.25, 0.3) is 0 Å². The van der Waals surface area contributed by atoms with Crippen LogP contribution >= 0.6 is 0 Å². The number of halogens is 4. The molecule has 0 spiro atoms. The van der Waals surface area contributed by atoms with Gasteiger partial charge in [-0.3, -0.25) is 0 Å². The lowest BCUT2D eigenvalue weighted by Gasteiger charge is -2.32. The Kier molecular flexibility index (Phi) is 6.13. The monoisotopic (exact) mass is 372 g/mol. The number of rotatable bonds is 5. The Morgan fingerprint density at radius 1 is 1.00 bits per heavy atom. The van der Waals surface area contributed by atoms with Crippen molar-refractivity contribution in [3.05, 3.63) is 29.6 Å². The van der Waals surface area contributed by atoms with Gasteiger partial charge in [0.2, 0.25) is 0 Å². The van der Waals surface area contributed by atoms with E-state index < -0.39 is 17.9 Å². The molecule has 0 amide bonds. The zero-order chi connectivity index (χ0) is 18.7. The number of benzene rings is 1. The highest BCUT2D eigenvalue weighted by molar-refractivity contribution is 5.31. The molecule has 146 valence electrons. The fraction of sp³-hybridized carbons (Fsp3) is 0.714. The molecule has 2 aliphatic rings. The lowest BCUT2D eigenvalue weighted by molar-refractivity contribution is -0.275. The average molecular weight is 372 g/mol. The SMILES string of the molecule is CCCC1CCC(C2CCC(c3ccc(OC(F)(F)F)c(F)c3)CC2)C1. The summed E-state index contributed by atoms with van der Waals surface area (Å²) in [5.41, 5.74) is 0.797. The molecule has 0 radical (unpaired) electrons. The maximum atomic E-state index is 13.9. The van der Waals surface area contributed by atoms with E-state index in [0.717, 1.165) is 55.1 Å². The lowest BCUT2D eigenvalue weighted by Crippen LogP contribution is -2.20. The number of hydrogen-bond donors (Lipinski definition) is 0. The Hall–Kier alpha value is -1.26. The highest BCUT2D eigenvalue weighted by Crippen LogP contribution is 2.46. The minimum Gasteiger partial charge on any atom is -0.403 e. The molecule has 1 nitrogen and oxygen atoms in total. The second-order valence-corrected chi connectivity index (χ2v) is 8.08. The van der Waals surface area contributed by atoms with Gasteiger partial charge in [0, 0.05) is 0 Å². The van der Waals surface area contributed by atoms with Gasteiger partial charge in [0.15, 0.2) is 11.6 Å². The zero-order valence-corrected chi connectivity index (χ0v) is 15.3. The molecule has 26 heavy (non-hydrogen) atoms. The molecule has 3 rings (SSSR count). The van der Waals surface area contributed by atoms with E-state index in [2.05, 4.69) is 11.7 Å². The second-order valence-electron chi connectivity index (χ2n) is 8.08. The molecular formula is C21H28F4O. The summed E-state index contributed by atoms with van der Waals surface area (Å²) >= 11 is 0. The predicted molar refractivity (Wildman–Crippen MR) is 93.5 cm³/mol. The van der Waals surface area contributed by atoms with Crippen LogP contribution in [0.5, 0.6) is 5.75 Å². The largest absolute Gasteiger partial charge is 0.573 e. The van der Waals surface area contributed by atoms with Crippen LogP contribution in [-0.2, 0) is 0 Å². The first-order valence-corrected chi connectivity index (χ1v) is 9.91. The second kappa shape index (κ2) is 8.18. The summed E-state index contributed by atoms with van der Waals surface area (Å²) < 4.78 is 54.4. The summed E-state index contributed by atoms with van der Waals surface area (Å²) in [6.45, 7) is 2.25. The van der Waals surface area contributed by atoms with Crippen molar-refractivity contribution in [2.75, 3.05) is 0 Å². The third-order valence-electron chi connectivity index (χ3n) is 6.37. The van der Waals surface area contributed by atoms with Crippen LogP contribution < -0.4 is 4.74 Å².